The summed E-state index contributed by atoms with van der Waals surface area (Å²) in [5.74, 6) is 0.423. The number of nitrogens with one attached hydrogen (secondary N) is 2. The zero-order chi connectivity index (χ0) is 26.2. The van der Waals surface area contributed by atoms with Crippen LogP contribution in [-0.4, -0.2) is 82.8 Å². The van der Waals surface area contributed by atoms with Crippen molar-refractivity contribution < 1.29 is 13.9 Å². The zero-order valence-electron chi connectivity index (χ0n) is 21.8. The monoisotopic (exact) mass is 507 g/mol. The van der Waals surface area contributed by atoms with Gasteiger partial charge in [0.15, 0.2) is 0 Å². The van der Waals surface area contributed by atoms with Crippen LogP contribution in [0, 0.1) is 5.82 Å². The number of rotatable bonds is 4. The molecule has 5 rings (SSSR count). The Hall–Kier alpha value is -3.66. The van der Waals surface area contributed by atoms with E-state index in [1.807, 2.05) is 39.0 Å². The molecule has 0 radical (unpaired) electrons. The van der Waals surface area contributed by atoms with Crippen LogP contribution in [0.1, 0.15) is 32.9 Å². The van der Waals surface area contributed by atoms with Gasteiger partial charge in [0.1, 0.15) is 29.2 Å². The van der Waals surface area contributed by atoms with Crippen LogP contribution < -0.4 is 10.2 Å². The summed E-state index contributed by atoms with van der Waals surface area (Å²) < 4.78 is 20.2. The highest BCUT2D eigenvalue weighted by Crippen LogP contribution is 2.31. The van der Waals surface area contributed by atoms with Gasteiger partial charge in [-0.25, -0.2) is 19.2 Å². The molecule has 2 aromatic heterocycles. The van der Waals surface area contributed by atoms with Gasteiger partial charge in [-0.15, -0.1) is 0 Å². The van der Waals surface area contributed by atoms with E-state index in [-0.39, 0.29) is 11.9 Å². The summed E-state index contributed by atoms with van der Waals surface area (Å²) in [5.41, 5.74) is 3.62. The van der Waals surface area contributed by atoms with Gasteiger partial charge in [-0.3, -0.25) is 0 Å². The van der Waals surface area contributed by atoms with Gasteiger partial charge in [0.2, 0.25) is 0 Å². The number of aromatic nitrogens is 3. The van der Waals surface area contributed by atoms with Crippen molar-refractivity contribution in [3.8, 4) is 0 Å². The average Bonchev–Trinajstić information content (AvgIpc) is 3.30. The summed E-state index contributed by atoms with van der Waals surface area (Å²) in [6.07, 6.45) is 3.96. The summed E-state index contributed by atoms with van der Waals surface area (Å²) >= 11 is 0. The van der Waals surface area contributed by atoms with Crippen LogP contribution in [-0.2, 0) is 4.74 Å². The number of nitrogens with zero attached hydrogens (tertiary/aromatic N) is 5. The molecule has 37 heavy (non-hydrogen) atoms. The number of carbonyl (C=O) groups is 1. The Morgan fingerprint density at radius 2 is 1.89 bits per heavy atom. The van der Waals surface area contributed by atoms with E-state index in [9.17, 15) is 9.18 Å². The topological polar surface area (TPSA) is 89.6 Å². The molecule has 10 heteroatoms. The van der Waals surface area contributed by atoms with Crippen LogP contribution in [0.2, 0.25) is 0 Å². The number of H-pyrrole nitrogens is 1. The molecule has 0 aliphatic carbocycles. The highest BCUT2D eigenvalue weighted by atomic mass is 19.1. The maximum Gasteiger partial charge on any atom is 0.410 e. The quantitative estimate of drug-likeness (QED) is 0.533. The predicted molar refractivity (Wildman–Crippen MR) is 144 cm³/mol. The number of piperazine rings is 1. The molecule has 4 heterocycles. The number of likely N-dealkylation sites (N-methyl/N-ethyl adjacent to an activating group) is 1. The van der Waals surface area contributed by atoms with E-state index in [4.69, 9.17) is 4.74 Å². The van der Waals surface area contributed by atoms with Gasteiger partial charge in [-0.1, -0.05) is 6.08 Å². The van der Waals surface area contributed by atoms with E-state index in [1.165, 1.54) is 12.4 Å². The lowest BCUT2D eigenvalue weighted by Crippen LogP contribution is -2.44. The van der Waals surface area contributed by atoms with E-state index in [0.29, 0.717) is 36.7 Å². The first-order valence-corrected chi connectivity index (χ1v) is 12.7. The van der Waals surface area contributed by atoms with Crippen molar-refractivity contribution in [2.24, 2.45) is 0 Å². The van der Waals surface area contributed by atoms with E-state index in [1.54, 1.807) is 11.0 Å². The Labute approximate surface area is 216 Å². The minimum absolute atomic E-state index is 0.225. The molecular formula is C27H34FN7O2. The van der Waals surface area contributed by atoms with Gasteiger partial charge in [-0.05, 0) is 64.1 Å². The van der Waals surface area contributed by atoms with Gasteiger partial charge in [0.25, 0.3) is 0 Å². The smallest absolute Gasteiger partial charge is 0.410 e. The normalized spacial score (nSPS) is 17.2. The molecule has 1 fully saturated rings. The number of hydrogen-bond donors (Lipinski definition) is 2. The zero-order valence-corrected chi connectivity index (χ0v) is 21.8. The first kappa shape index (κ1) is 25.0. The van der Waals surface area contributed by atoms with Crippen molar-refractivity contribution in [2.45, 2.75) is 32.8 Å². The SMILES string of the molecule is CN1CCN(c2cc(Nc3ncnc4[nH]c(C5=CCN(C(=O)OC(C)(C)C)CC5)cc34)ccc2F)CC1. The summed E-state index contributed by atoms with van der Waals surface area (Å²) in [7, 11) is 2.08. The number of anilines is 3. The summed E-state index contributed by atoms with van der Waals surface area (Å²) in [4.78, 5) is 30.7. The van der Waals surface area contributed by atoms with Crippen molar-refractivity contribution in [3.05, 3.63) is 48.2 Å². The highest BCUT2D eigenvalue weighted by Gasteiger charge is 2.25. The van der Waals surface area contributed by atoms with Crippen molar-refractivity contribution in [3.63, 3.8) is 0 Å². The first-order valence-electron chi connectivity index (χ1n) is 12.7. The predicted octanol–water partition coefficient (Wildman–Crippen LogP) is 4.62. The van der Waals surface area contributed by atoms with E-state index in [0.717, 1.165) is 48.5 Å². The average molecular weight is 508 g/mol. The maximum absolute atomic E-state index is 14.7. The Morgan fingerprint density at radius 3 is 2.59 bits per heavy atom. The minimum atomic E-state index is -0.518. The summed E-state index contributed by atoms with van der Waals surface area (Å²) in [6.45, 7) is 10.1. The minimum Gasteiger partial charge on any atom is -0.444 e. The molecule has 0 atom stereocenters. The van der Waals surface area contributed by atoms with Gasteiger partial charge in [-0.2, -0.15) is 0 Å². The fourth-order valence-electron chi connectivity index (χ4n) is 4.64. The van der Waals surface area contributed by atoms with Crippen LogP contribution in [0.4, 0.5) is 26.4 Å². The fourth-order valence-corrected chi connectivity index (χ4v) is 4.64. The van der Waals surface area contributed by atoms with Crippen molar-refractivity contribution in [1.29, 1.82) is 0 Å². The Kier molecular flexibility index (Phi) is 6.76. The van der Waals surface area contributed by atoms with E-state index < -0.39 is 5.60 Å². The van der Waals surface area contributed by atoms with Gasteiger partial charge >= 0.3 is 6.09 Å². The van der Waals surface area contributed by atoms with Crippen LogP contribution >= 0.6 is 0 Å². The number of hydrogen-bond acceptors (Lipinski definition) is 7. The Bertz CT molecular complexity index is 1320. The van der Waals surface area contributed by atoms with Crippen molar-refractivity contribution in [2.75, 3.05) is 56.5 Å². The first-order chi connectivity index (χ1) is 17.7. The second-order valence-corrected chi connectivity index (χ2v) is 10.7. The fraction of sp³-hybridized carbons (Fsp3) is 0.444. The second kappa shape index (κ2) is 10.0. The molecule has 1 aromatic carbocycles. The maximum atomic E-state index is 14.7. The number of halogens is 1. The lowest BCUT2D eigenvalue weighted by atomic mass is 10.1. The molecule has 3 aromatic rings. The molecule has 2 aliphatic rings. The molecule has 9 nitrogen and oxygen atoms in total. The number of benzene rings is 1. The van der Waals surface area contributed by atoms with E-state index >= 15 is 0 Å². The Balaban J connectivity index is 1.34. The van der Waals surface area contributed by atoms with Gasteiger partial charge in [0.05, 0.1) is 11.1 Å². The van der Waals surface area contributed by atoms with Crippen LogP contribution in [0.15, 0.2) is 36.7 Å². The number of fused-ring (bicyclic) bond motifs is 1. The standard InChI is InChI=1S/C27H34FN7O2/c1-27(2,3)37-26(36)35-9-7-18(8-10-35)22-16-20-24(29-17-30-25(20)32-22)31-19-5-6-21(28)23(15-19)34-13-11-33(4)12-14-34/h5-7,15-17H,8-14H2,1-4H3,(H2,29,30,31,32). The summed E-state index contributed by atoms with van der Waals surface area (Å²) in [5, 5.41) is 4.20. The third kappa shape index (κ3) is 5.69. The largest absolute Gasteiger partial charge is 0.444 e. The van der Waals surface area contributed by atoms with Crippen molar-refractivity contribution in [1.82, 2.24) is 24.8 Å². The van der Waals surface area contributed by atoms with Crippen molar-refractivity contribution >= 4 is 39.9 Å². The second-order valence-electron chi connectivity index (χ2n) is 10.7. The van der Waals surface area contributed by atoms with E-state index in [2.05, 4.69) is 37.1 Å². The molecule has 2 N–H and O–H groups in total. The lowest BCUT2D eigenvalue weighted by Gasteiger charge is -2.34. The number of aromatic amines is 1. The molecular weight excluding hydrogens is 473 g/mol. The van der Waals surface area contributed by atoms with Gasteiger partial charge < -0.3 is 29.7 Å². The Morgan fingerprint density at radius 1 is 1.11 bits per heavy atom. The van der Waals surface area contributed by atoms with Gasteiger partial charge in [0, 0.05) is 50.6 Å². The lowest BCUT2D eigenvalue weighted by molar-refractivity contribution is 0.0270. The molecule has 0 unspecified atom stereocenters. The molecule has 1 saturated heterocycles. The van der Waals surface area contributed by atoms with Crippen LogP contribution in [0.25, 0.3) is 16.6 Å². The van der Waals surface area contributed by atoms with Crippen LogP contribution in [0.3, 0.4) is 0 Å². The number of carbonyl (C=O) groups excluding carboxylic acids is 1. The highest BCUT2D eigenvalue weighted by molar-refractivity contribution is 5.92. The molecule has 0 spiro atoms. The molecule has 2 aliphatic heterocycles. The van der Waals surface area contributed by atoms with Crippen LogP contribution in [0.5, 0.6) is 0 Å². The third-order valence-electron chi connectivity index (χ3n) is 6.69. The molecule has 0 bridgehead atoms. The molecule has 1 amide bonds. The molecule has 196 valence electrons. The number of amides is 1. The number of ether oxygens (including phenoxy) is 1. The molecule has 0 saturated carbocycles. The third-order valence-corrected chi connectivity index (χ3v) is 6.69. The summed E-state index contributed by atoms with van der Waals surface area (Å²) in [6, 6.07) is 7.10.